The highest BCUT2D eigenvalue weighted by molar-refractivity contribution is 5.50. The fraction of sp³-hybridized carbons (Fsp3) is 0.500. The van der Waals surface area contributed by atoms with E-state index >= 15 is 0 Å². The van der Waals surface area contributed by atoms with Gasteiger partial charge in [0.25, 0.3) is 0 Å². The number of aromatic nitrogens is 1. The normalized spacial score (nSPS) is 19.1. The molecule has 1 aliphatic heterocycles. The van der Waals surface area contributed by atoms with Gasteiger partial charge in [-0.1, -0.05) is 0 Å². The summed E-state index contributed by atoms with van der Waals surface area (Å²) in [6.45, 7) is 2.88. The molecule has 0 aromatic carbocycles. The smallest absolute Gasteiger partial charge is 0.305 e. The van der Waals surface area contributed by atoms with E-state index in [9.17, 15) is 10.1 Å². The van der Waals surface area contributed by atoms with Crippen molar-refractivity contribution >= 4 is 11.5 Å². The molecule has 1 atom stereocenters. The summed E-state index contributed by atoms with van der Waals surface area (Å²) in [7, 11) is 2.08. The molecule has 1 fully saturated rings. The lowest BCUT2D eigenvalue weighted by atomic mass is 10.1. The van der Waals surface area contributed by atoms with Crippen LogP contribution in [0.25, 0.3) is 0 Å². The van der Waals surface area contributed by atoms with Crippen molar-refractivity contribution < 1.29 is 4.92 Å². The quantitative estimate of drug-likeness (QED) is 0.647. The van der Waals surface area contributed by atoms with E-state index in [4.69, 9.17) is 5.26 Å². The molecule has 7 heteroatoms. The molecule has 0 bridgehead atoms. The van der Waals surface area contributed by atoms with Crippen LogP contribution in [0.15, 0.2) is 12.1 Å². The molecular formula is C12H15N5O2. The van der Waals surface area contributed by atoms with Crippen LogP contribution in [-0.2, 0) is 0 Å². The first-order valence-corrected chi connectivity index (χ1v) is 6.08. The van der Waals surface area contributed by atoms with Crippen molar-refractivity contribution in [1.82, 2.24) is 9.88 Å². The van der Waals surface area contributed by atoms with Gasteiger partial charge in [-0.05, 0) is 32.0 Å². The maximum atomic E-state index is 10.7. The molecule has 0 aliphatic carbocycles. The van der Waals surface area contributed by atoms with E-state index in [0.717, 1.165) is 26.1 Å². The van der Waals surface area contributed by atoms with Gasteiger partial charge < -0.3 is 10.2 Å². The second-order valence-corrected chi connectivity index (χ2v) is 4.73. The molecule has 1 aromatic heterocycles. The number of nitro groups is 1. The average molecular weight is 261 g/mol. The fourth-order valence-corrected chi connectivity index (χ4v) is 2.22. The molecule has 0 saturated carbocycles. The number of rotatable bonds is 4. The molecule has 0 spiro atoms. The number of nitriles is 1. The van der Waals surface area contributed by atoms with Gasteiger partial charge in [0.1, 0.15) is 11.9 Å². The van der Waals surface area contributed by atoms with Crippen molar-refractivity contribution in [2.24, 2.45) is 5.92 Å². The summed E-state index contributed by atoms with van der Waals surface area (Å²) in [4.78, 5) is 16.3. The third-order valence-electron chi connectivity index (χ3n) is 3.24. The standard InChI is InChI=1S/C12H15N5O2/c1-16-5-4-9(8-16)7-14-12-3-2-11(17(18)19)10(6-13)15-12/h2-3,9H,4-5,7-8H2,1H3,(H,14,15). The highest BCUT2D eigenvalue weighted by Gasteiger charge is 2.20. The lowest BCUT2D eigenvalue weighted by molar-refractivity contribution is -0.385. The first-order valence-electron chi connectivity index (χ1n) is 6.08. The highest BCUT2D eigenvalue weighted by atomic mass is 16.6. The summed E-state index contributed by atoms with van der Waals surface area (Å²) in [5.74, 6) is 1.06. The molecule has 1 aliphatic rings. The van der Waals surface area contributed by atoms with Crippen LogP contribution in [0, 0.1) is 27.4 Å². The van der Waals surface area contributed by atoms with Gasteiger partial charge >= 0.3 is 5.69 Å². The largest absolute Gasteiger partial charge is 0.370 e. The first-order chi connectivity index (χ1) is 9.10. The van der Waals surface area contributed by atoms with Gasteiger partial charge in [-0.15, -0.1) is 0 Å². The molecule has 1 aromatic rings. The fourth-order valence-electron chi connectivity index (χ4n) is 2.22. The second kappa shape index (κ2) is 5.63. The van der Waals surface area contributed by atoms with Gasteiger partial charge in [0.05, 0.1) is 4.92 Å². The van der Waals surface area contributed by atoms with Gasteiger partial charge in [0.2, 0.25) is 5.69 Å². The molecule has 7 nitrogen and oxygen atoms in total. The van der Waals surface area contributed by atoms with E-state index < -0.39 is 4.92 Å². The van der Waals surface area contributed by atoms with E-state index in [1.807, 2.05) is 0 Å². The Morgan fingerprint density at radius 2 is 2.47 bits per heavy atom. The SMILES string of the molecule is CN1CCC(CNc2ccc([N+](=O)[O-])c(C#N)n2)C1. The van der Waals surface area contributed by atoms with E-state index in [1.165, 1.54) is 12.1 Å². The summed E-state index contributed by atoms with van der Waals surface area (Å²) in [5, 5.41) is 22.7. The summed E-state index contributed by atoms with van der Waals surface area (Å²) in [6, 6.07) is 4.60. The zero-order chi connectivity index (χ0) is 13.8. The minimum atomic E-state index is -0.596. The van der Waals surface area contributed by atoms with Crippen LogP contribution in [0.5, 0.6) is 0 Å². The zero-order valence-corrected chi connectivity index (χ0v) is 10.7. The molecule has 1 N–H and O–H groups in total. The van der Waals surface area contributed by atoms with E-state index in [2.05, 4.69) is 22.2 Å². The van der Waals surface area contributed by atoms with Crippen molar-refractivity contribution in [1.29, 1.82) is 5.26 Å². The van der Waals surface area contributed by atoms with Crippen LogP contribution in [-0.4, -0.2) is 41.5 Å². The van der Waals surface area contributed by atoms with E-state index in [0.29, 0.717) is 11.7 Å². The maximum Gasteiger partial charge on any atom is 0.305 e. The van der Waals surface area contributed by atoms with Gasteiger partial charge in [-0.25, -0.2) is 4.98 Å². The number of pyridine rings is 1. The predicted molar refractivity (Wildman–Crippen MR) is 69.7 cm³/mol. The maximum absolute atomic E-state index is 10.7. The van der Waals surface area contributed by atoms with Crippen LogP contribution >= 0.6 is 0 Å². The van der Waals surface area contributed by atoms with Crippen LogP contribution < -0.4 is 5.32 Å². The molecule has 2 heterocycles. The number of nitrogens with zero attached hydrogens (tertiary/aromatic N) is 4. The van der Waals surface area contributed by atoms with Crippen LogP contribution in [0.4, 0.5) is 11.5 Å². The van der Waals surface area contributed by atoms with Crippen molar-refractivity contribution in [2.75, 3.05) is 32.0 Å². The van der Waals surface area contributed by atoms with E-state index in [1.54, 1.807) is 6.07 Å². The number of nitrogens with one attached hydrogen (secondary N) is 1. The van der Waals surface area contributed by atoms with Crippen LogP contribution in [0.3, 0.4) is 0 Å². The van der Waals surface area contributed by atoms with Crippen molar-refractivity contribution in [3.05, 3.63) is 27.9 Å². The first kappa shape index (κ1) is 13.2. The lowest BCUT2D eigenvalue weighted by Crippen LogP contribution is -2.19. The van der Waals surface area contributed by atoms with Gasteiger partial charge in [-0.2, -0.15) is 5.26 Å². The average Bonchev–Trinajstić information content (AvgIpc) is 2.81. The van der Waals surface area contributed by atoms with E-state index in [-0.39, 0.29) is 11.4 Å². The number of likely N-dealkylation sites (tertiary alicyclic amines) is 1. The van der Waals surface area contributed by atoms with Crippen molar-refractivity contribution in [2.45, 2.75) is 6.42 Å². The van der Waals surface area contributed by atoms with Gasteiger partial charge in [-0.3, -0.25) is 10.1 Å². The minimum Gasteiger partial charge on any atom is -0.370 e. The van der Waals surface area contributed by atoms with Gasteiger partial charge in [0, 0.05) is 19.2 Å². The zero-order valence-electron chi connectivity index (χ0n) is 10.7. The summed E-state index contributed by atoms with van der Waals surface area (Å²) in [6.07, 6.45) is 1.13. The third kappa shape index (κ3) is 3.17. The molecule has 19 heavy (non-hydrogen) atoms. The minimum absolute atomic E-state index is 0.154. The lowest BCUT2D eigenvalue weighted by Gasteiger charge is -2.12. The molecule has 0 amide bonds. The van der Waals surface area contributed by atoms with Crippen LogP contribution in [0.2, 0.25) is 0 Å². The summed E-state index contributed by atoms with van der Waals surface area (Å²) in [5.41, 5.74) is -0.410. The molecule has 1 saturated heterocycles. The predicted octanol–water partition coefficient (Wildman–Crippen LogP) is 1.23. The van der Waals surface area contributed by atoms with Crippen molar-refractivity contribution in [3.8, 4) is 6.07 Å². The summed E-state index contributed by atoms with van der Waals surface area (Å²) < 4.78 is 0. The topological polar surface area (TPSA) is 95.1 Å². The molecule has 1 unspecified atom stereocenters. The monoisotopic (exact) mass is 261 g/mol. The number of anilines is 1. The number of hydrogen-bond donors (Lipinski definition) is 1. The third-order valence-corrected chi connectivity index (χ3v) is 3.24. The Labute approximate surface area is 111 Å². The highest BCUT2D eigenvalue weighted by Crippen LogP contribution is 2.19. The molecule has 2 rings (SSSR count). The Bertz CT molecular complexity index is 525. The Morgan fingerprint density at radius 3 is 3.05 bits per heavy atom. The Hall–Kier alpha value is -2.20. The van der Waals surface area contributed by atoms with Gasteiger partial charge in [0.15, 0.2) is 0 Å². The Morgan fingerprint density at radius 1 is 1.68 bits per heavy atom. The Kier molecular flexibility index (Phi) is 3.92. The second-order valence-electron chi connectivity index (χ2n) is 4.73. The van der Waals surface area contributed by atoms with Crippen LogP contribution in [0.1, 0.15) is 12.1 Å². The van der Waals surface area contributed by atoms with Crippen molar-refractivity contribution in [3.63, 3.8) is 0 Å². The number of hydrogen-bond acceptors (Lipinski definition) is 6. The molecular weight excluding hydrogens is 246 g/mol. The molecule has 0 radical (unpaired) electrons. The molecule has 100 valence electrons. The summed E-state index contributed by atoms with van der Waals surface area (Å²) >= 11 is 0. The Balaban J connectivity index is 2.02.